The molecule has 0 saturated carbocycles. The van der Waals surface area contributed by atoms with Crippen molar-refractivity contribution in [2.24, 2.45) is 0 Å². The molecule has 2 rings (SSSR count). The summed E-state index contributed by atoms with van der Waals surface area (Å²) < 4.78 is 0. The van der Waals surface area contributed by atoms with Gasteiger partial charge in [0.15, 0.2) is 0 Å². The van der Waals surface area contributed by atoms with Crippen molar-refractivity contribution in [1.29, 1.82) is 0 Å². The lowest BCUT2D eigenvalue weighted by molar-refractivity contribution is 0.105. The summed E-state index contributed by atoms with van der Waals surface area (Å²) in [4.78, 5) is 2.35. The fourth-order valence-corrected chi connectivity index (χ4v) is 2.01. The van der Waals surface area contributed by atoms with E-state index in [4.69, 9.17) is 5.11 Å². The summed E-state index contributed by atoms with van der Waals surface area (Å²) in [6.45, 7) is 4.28. The van der Waals surface area contributed by atoms with E-state index in [9.17, 15) is 5.11 Å². The minimum absolute atomic E-state index is 0.216. The van der Waals surface area contributed by atoms with Crippen LogP contribution in [0.3, 0.4) is 0 Å². The summed E-state index contributed by atoms with van der Waals surface area (Å²) in [5, 5.41) is 24.4. The van der Waals surface area contributed by atoms with Gasteiger partial charge in [-0.3, -0.25) is 0 Å². The summed E-state index contributed by atoms with van der Waals surface area (Å²) in [5.41, 5.74) is 2.19. The molecule has 0 bridgehead atoms. The maximum Gasteiger partial charge on any atom is 0.0942 e. The molecule has 1 unspecified atom stereocenters. The fraction of sp³-hybridized carbons (Fsp3) is 0.538. The summed E-state index contributed by atoms with van der Waals surface area (Å²) in [7, 11) is 0. The summed E-state index contributed by atoms with van der Waals surface area (Å²) in [6, 6.07) is 8.17. The van der Waals surface area contributed by atoms with E-state index in [0.717, 1.165) is 31.9 Å². The molecule has 4 N–H and O–H groups in total. The molecule has 18 heavy (non-hydrogen) atoms. The zero-order valence-corrected chi connectivity index (χ0v) is 10.5. The zero-order chi connectivity index (χ0) is 12.8. The number of rotatable bonds is 5. The lowest BCUT2D eigenvalue weighted by Crippen LogP contribution is -2.43. The van der Waals surface area contributed by atoms with Crippen LogP contribution in [0.15, 0.2) is 24.3 Å². The smallest absolute Gasteiger partial charge is 0.0942 e. The van der Waals surface area contributed by atoms with Crippen LogP contribution in [0.4, 0.5) is 11.4 Å². The van der Waals surface area contributed by atoms with Crippen molar-refractivity contribution in [3.05, 3.63) is 24.3 Å². The van der Waals surface area contributed by atoms with Crippen LogP contribution in [-0.4, -0.2) is 55.6 Å². The maximum atomic E-state index is 9.25. The lowest BCUT2D eigenvalue weighted by atomic mass is 10.2. The Kier molecular flexibility index (Phi) is 4.81. The number of hydrogen-bond donors (Lipinski definition) is 4. The van der Waals surface area contributed by atoms with Crippen LogP contribution in [-0.2, 0) is 0 Å². The molecule has 5 nitrogen and oxygen atoms in total. The summed E-state index contributed by atoms with van der Waals surface area (Å²) in [5.74, 6) is 0. The highest BCUT2D eigenvalue weighted by molar-refractivity contribution is 5.55. The SMILES string of the molecule is OCC(O)CNc1ccc(N2CCNCC2)cc1. The second-order valence-electron chi connectivity index (χ2n) is 4.50. The molecule has 1 aromatic rings. The Balaban J connectivity index is 1.88. The van der Waals surface area contributed by atoms with Crippen LogP contribution in [0.5, 0.6) is 0 Å². The number of anilines is 2. The van der Waals surface area contributed by atoms with E-state index < -0.39 is 6.10 Å². The predicted octanol–water partition coefficient (Wildman–Crippen LogP) is -0.139. The first-order valence-corrected chi connectivity index (χ1v) is 6.38. The molecule has 1 aliphatic heterocycles. The Morgan fingerprint density at radius 3 is 2.50 bits per heavy atom. The number of benzene rings is 1. The average molecular weight is 251 g/mol. The molecule has 5 heteroatoms. The number of aliphatic hydroxyl groups excluding tert-OH is 2. The van der Waals surface area contributed by atoms with Crippen molar-refractivity contribution in [3.8, 4) is 0 Å². The topological polar surface area (TPSA) is 67.8 Å². The van der Waals surface area contributed by atoms with Gasteiger partial charge < -0.3 is 25.7 Å². The fourth-order valence-electron chi connectivity index (χ4n) is 2.01. The normalized spacial score (nSPS) is 17.6. The van der Waals surface area contributed by atoms with Crippen LogP contribution < -0.4 is 15.5 Å². The molecule has 1 aromatic carbocycles. The number of aliphatic hydroxyl groups is 2. The maximum absolute atomic E-state index is 9.25. The molecular weight excluding hydrogens is 230 g/mol. The molecule has 1 heterocycles. The standard InChI is InChI=1S/C13H21N3O2/c17-10-13(18)9-15-11-1-3-12(4-2-11)16-7-5-14-6-8-16/h1-4,13-15,17-18H,5-10H2. The first-order chi connectivity index (χ1) is 8.79. The van der Waals surface area contributed by atoms with Crippen LogP contribution in [0.1, 0.15) is 0 Å². The van der Waals surface area contributed by atoms with E-state index in [2.05, 4.69) is 27.7 Å². The summed E-state index contributed by atoms with van der Waals surface area (Å²) in [6.07, 6.45) is -0.710. The van der Waals surface area contributed by atoms with Gasteiger partial charge in [0.05, 0.1) is 12.7 Å². The molecule has 0 amide bonds. The highest BCUT2D eigenvalue weighted by Gasteiger charge is 2.09. The third-order valence-electron chi connectivity index (χ3n) is 3.10. The molecule has 1 atom stereocenters. The number of nitrogens with zero attached hydrogens (tertiary/aromatic N) is 1. The first-order valence-electron chi connectivity index (χ1n) is 6.38. The van der Waals surface area contributed by atoms with Gasteiger partial charge in [0.2, 0.25) is 0 Å². The molecule has 0 spiro atoms. The average Bonchev–Trinajstić information content (AvgIpc) is 2.46. The van der Waals surface area contributed by atoms with Crippen molar-refractivity contribution in [2.75, 3.05) is 49.5 Å². The molecule has 0 radical (unpaired) electrons. The molecule has 100 valence electrons. The number of piperazine rings is 1. The Morgan fingerprint density at radius 1 is 1.22 bits per heavy atom. The van der Waals surface area contributed by atoms with Crippen LogP contribution >= 0.6 is 0 Å². The Bertz CT molecular complexity index is 350. The molecule has 1 fully saturated rings. The zero-order valence-electron chi connectivity index (χ0n) is 10.5. The Hall–Kier alpha value is -1.30. The van der Waals surface area contributed by atoms with Crippen molar-refractivity contribution < 1.29 is 10.2 Å². The van der Waals surface area contributed by atoms with Gasteiger partial charge >= 0.3 is 0 Å². The van der Waals surface area contributed by atoms with Gasteiger partial charge in [-0.15, -0.1) is 0 Å². The minimum atomic E-state index is -0.710. The van der Waals surface area contributed by atoms with E-state index >= 15 is 0 Å². The van der Waals surface area contributed by atoms with E-state index in [1.165, 1.54) is 5.69 Å². The predicted molar refractivity (Wildman–Crippen MR) is 73.1 cm³/mol. The van der Waals surface area contributed by atoms with E-state index in [0.29, 0.717) is 6.54 Å². The van der Waals surface area contributed by atoms with Crippen molar-refractivity contribution in [3.63, 3.8) is 0 Å². The van der Waals surface area contributed by atoms with Gasteiger partial charge in [-0.05, 0) is 24.3 Å². The van der Waals surface area contributed by atoms with E-state index in [1.807, 2.05) is 12.1 Å². The third kappa shape index (κ3) is 3.60. The number of hydrogen-bond acceptors (Lipinski definition) is 5. The quantitative estimate of drug-likeness (QED) is 0.586. The second kappa shape index (κ2) is 6.58. The highest BCUT2D eigenvalue weighted by Crippen LogP contribution is 2.18. The minimum Gasteiger partial charge on any atom is -0.394 e. The van der Waals surface area contributed by atoms with Crippen molar-refractivity contribution in [1.82, 2.24) is 5.32 Å². The largest absolute Gasteiger partial charge is 0.394 e. The van der Waals surface area contributed by atoms with E-state index in [1.54, 1.807) is 0 Å². The first kappa shape index (κ1) is 13.1. The van der Waals surface area contributed by atoms with Crippen LogP contribution in [0.2, 0.25) is 0 Å². The van der Waals surface area contributed by atoms with Crippen molar-refractivity contribution >= 4 is 11.4 Å². The molecular formula is C13H21N3O2. The summed E-state index contributed by atoms with van der Waals surface area (Å²) >= 11 is 0. The van der Waals surface area contributed by atoms with Gasteiger partial charge in [0.25, 0.3) is 0 Å². The molecule has 1 aliphatic rings. The Morgan fingerprint density at radius 2 is 1.89 bits per heavy atom. The highest BCUT2D eigenvalue weighted by atomic mass is 16.3. The molecule has 1 saturated heterocycles. The van der Waals surface area contributed by atoms with Gasteiger partial charge in [-0.1, -0.05) is 0 Å². The molecule has 0 aromatic heterocycles. The van der Waals surface area contributed by atoms with Gasteiger partial charge in [0.1, 0.15) is 0 Å². The lowest BCUT2D eigenvalue weighted by Gasteiger charge is -2.29. The van der Waals surface area contributed by atoms with Crippen LogP contribution in [0.25, 0.3) is 0 Å². The van der Waals surface area contributed by atoms with Crippen molar-refractivity contribution in [2.45, 2.75) is 6.10 Å². The Labute approximate surface area is 107 Å². The second-order valence-corrected chi connectivity index (χ2v) is 4.50. The number of nitrogens with one attached hydrogen (secondary N) is 2. The van der Waals surface area contributed by atoms with Gasteiger partial charge in [-0.25, -0.2) is 0 Å². The van der Waals surface area contributed by atoms with Gasteiger partial charge in [0, 0.05) is 44.1 Å². The van der Waals surface area contributed by atoms with Gasteiger partial charge in [-0.2, -0.15) is 0 Å². The van der Waals surface area contributed by atoms with Crippen LogP contribution in [0, 0.1) is 0 Å². The third-order valence-corrected chi connectivity index (χ3v) is 3.10. The monoisotopic (exact) mass is 251 g/mol. The van der Waals surface area contributed by atoms with E-state index in [-0.39, 0.29) is 6.61 Å². The molecule has 0 aliphatic carbocycles.